The molecule has 2 heterocycles. The quantitative estimate of drug-likeness (QED) is 0.0569. The Morgan fingerprint density at radius 2 is 1.71 bits per heavy atom. The monoisotopic (exact) mass is 829 g/mol. The van der Waals surface area contributed by atoms with E-state index in [4.69, 9.17) is 9.47 Å². The number of benzene rings is 1. The number of esters is 1. The Morgan fingerprint density at radius 1 is 1.02 bits per heavy atom. The number of carbonyl (C=O) groups excluding carboxylic acids is 4. The Bertz CT molecular complexity index is 1630. The summed E-state index contributed by atoms with van der Waals surface area (Å²) >= 11 is 1.15. The van der Waals surface area contributed by atoms with E-state index in [0.717, 1.165) is 49.1 Å². The molecule has 58 heavy (non-hydrogen) atoms. The van der Waals surface area contributed by atoms with Crippen molar-refractivity contribution in [1.29, 1.82) is 0 Å². The van der Waals surface area contributed by atoms with E-state index in [1.165, 1.54) is 19.1 Å². The number of rotatable bonds is 23. The molecule has 2 aromatic rings. The summed E-state index contributed by atoms with van der Waals surface area (Å²) in [6.07, 6.45) is 3.83. The third-order valence-corrected chi connectivity index (χ3v) is 11.9. The number of aromatic hydroxyl groups is 1. The van der Waals surface area contributed by atoms with Crippen molar-refractivity contribution in [2.75, 3.05) is 26.9 Å². The van der Waals surface area contributed by atoms with Crippen LogP contribution in [0.1, 0.15) is 127 Å². The second kappa shape index (κ2) is 23.5. The van der Waals surface area contributed by atoms with Gasteiger partial charge in [-0.15, -0.1) is 11.3 Å². The lowest BCUT2D eigenvalue weighted by Crippen LogP contribution is -2.59. The number of hydrogen-bond acceptors (Lipinski definition) is 11. The molecule has 1 unspecified atom stereocenters. The molecule has 0 bridgehead atoms. The number of nitrogens with zero attached hydrogens (tertiary/aromatic N) is 3. The van der Waals surface area contributed by atoms with Crippen LogP contribution in [0.2, 0.25) is 0 Å². The number of likely N-dealkylation sites (tertiary alicyclic amines) is 1. The molecular formula is C43H67N5O9S. The summed E-state index contributed by atoms with van der Waals surface area (Å²) < 4.78 is 12.0. The number of phenols is 1. The Labute approximate surface area is 348 Å². The molecule has 1 aromatic carbocycles. The summed E-state index contributed by atoms with van der Waals surface area (Å²) in [5, 5.41) is 27.3. The summed E-state index contributed by atoms with van der Waals surface area (Å²) in [6, 6.07) is 4.28. The Kier molecular flexibility index (Phi) is 19.6. The van der Waals surface area contributed by atoms with Gasteiger partial charge < -0.3 is 35.2 Å². The minimum atomic E-state index is -0.989. The Balaban J connectivity index is 1.93. The number of aromatic nitrogens is 1. The van der Waals surface area contributed by atoms with Crippen LogP contribution in [-0.2, 0) is 35.1 Å². The molecular weight excluding hydrogens is 763 g/mol. The molecule has 0 aliphatic carbocycles. The van der Waals surface area contributed by atoms with E-state index < -0.39 is 48.0 Å². The molecule has 1 aliphatic heterocycles. The topological polar surface area (TPSA) is 188 Å². The van der Waals surface area contributed by atoms with Gasteiger partial charge in [0.05, 0.1) is 12.0 Å². The van der Waals surface area contributed by atoms with Gasteiger partial charge in [-0.1, -0.05) is 73.4 Å². The normalized spacial score (nSPS) is 17.8. The van der Waals surface area contributed by atoms with Gasteiger partial charge in [0.2, 0.25) is 11.8 Å². The van der Waals surface area contributed by atoms with Crippen LogP contribution < -0.4 is 10.6 Å². The van der Waals surface area contributed by atoms with Crippen molar-refractivity contribution in [3.8, 4) is 5.75 Å². The molecule has 1 aliphatic rings. The van der Waals surface area contributed by atoms with E-state index in [-0.39, 0.29) is 60.7 Å². The van der Waals surface area contributed by atoms with E-state index in [1.54, 1.807) is 29.3 Å². The van der Waals surface area contributed by atoms with Gasteiger partial charge in [0.25, 0.3) is 5.91 Å². The SMILES string of the molecule is CCC(C)[C@H](NC(=O)[C@H]1CCCCN1C)C(=O)N(COCCC(C)C)[C@H](C[C@@H](OC(C)=O)c1nc(C(=O)N[C@@H](Cc2ccc(O)cc2)C[C@H](C)C(=O)O)cs1)C(C)C. The molecule has 0 radical (unpaired) electrons. The first-order chi connectivity index (χ1) is 27.4. The summed E-state index contributed by atoms with van der Waals surface area (Å²) in [6.45, 7) is 16.2. The van der Waals surface area contributed by atoms with Gasteiger partial charge >= 0.3 is 11.9 Å². The van der Waals surface area contributed by atoms with Crippen molar-refractivity contribution in [3.05, 3.63) is 45.9 Å². The summed E-state index contributed by atoms with van der Waals surface area (Å²) in [7, 11) is 1.94. The lowest BCUT2D eigenvalue weighted by atomic mass is 9.92. The minimum absolute atomic E-state index is 0.0317. The highest BCUT2D eigenvalue weighted by Crippen LogP contribution is 2.32. The number of carboxylic acid groups (broad SMARTS) is 1. The third-order valence-electron chi connectivity index (χ3n) is 11.0. The standard InChI is InChI=1S/C43H67N5O9S/c1-10-28(6)38(46-40(52)35-13-11-12-19-47(35)9)42(53)48(25-56-20-18-26(2)3)36(27(4)5)23-37(57-30(8)49)41-45-34(24-58-41)39(51)44-32(21-29(7)43(54)55)22-31-14-16-33(50)17-15-31/h14-17,24,26-29,32,35-38,50H,10-13,18-23,25H2,1-9H3,(H,44,51)(H,46,52)(H,54,55)/t28?,29-,32+,35+,36+,37+,38-/m0/s1. The molecule has 14 nitrogen and oxygen atoms in total. The molecule has 1 aromatic heterocycles. The molecule has 3 amide bonds. The highest BCUT2D eigenvalue weighted by molar-refractivity contribution is 7.09. The van der Waals surface area contributed by atoms with Crippen molar-refractivity contribution in [2.45, 2.75) is 137 Å². The summed E-state index contributed by atoms with van der Waals surface area (Å²) in [5.74, 6) is -3.10. The zero-order chi connectivity index (χ0) is 43.1. The van der Waals surface area contributed by atoms with Crippen LogP contribution in [0.5, 0.6) is 5.75 Å². The van der Waals surface area contributed by atoms with Crippen LogP contribution in [0.15, 0.2) is 29.6 Å². The van der Waals surface area contributed by atoms with Crippen LogP contribution in [0.4, 0.5) is 0 Å². The van der Waals surface area contributed by atoms with E-state index in [2.05, 4.69) is 29.5 Å². The molecule has 324 valence electrons. The van der Waals surface area contributed by atoms with Crippen LogP contribution >= 0.6 is 11.3 Å². The fourth-order valence-corrected chi connectivity index (χ4v) is 7.98. The minimum Gasteiger partial charge on any atom is -0.508 e. The molecule has 4 N–H and O–H groups in total. The highest BCUT2D eigenvalue weighted by atomic mass is 32.1. The summed E-state index contributed by atoms with van der Waals surface area (Å²) in [4.78, 5) is 74.8. The molecule has 1 fully saturated rings. The second-order valence-corrected chi connectivity index (χ2v) is 17.5. The van der Waals surface area contributed by atoms with Crippen molar-refractivity contribution in [3.63, 3.8) is 0 Å². The van der Waals surface area contributed by atoms with Gasteiger partial charge in [-0.3, -0.25) is 28.9 Å². The molecule has 0 saturated carbocycles. The number of aliphatic carboxylic acids is 1. The zero-order valence-corrected chi connectivity index (χ0v) is 36.7. The van der Waals surface area contributed by atoms with Crippen molar-refractivity contribution in [2.24, 2.45) is 23.7 Å². The average Bonchev–Trinajstić information content (AvgIpc) is 3.66. The first-order valence-corrected chi connectivity index (χ1v) is 21.6. The number of nitrogens with one attached hydrogen (secondary N) is 2. The maximum Gasteiger partial charge on any atom is 0.306 e. The largest absolute Gasteiger partial charge is 0.508 e. The van der Waals surface area contributed by atoms with Gasteiger partial charge in [0.1, 0.15) is 29.2 Å². The Hall–Kier alpha value is -4.08. The van der Waals surface area contributed by atoms with Gasteiger partial charge in [-0.25, -0.2) is 4.98 Å². The molecule has 15 heteroatoms. The van der Waals surface area contributed by atoms with Crippen LogP contribution in [0.3, 0.4) is 0 Å². The van der Waals surface area contributed by atoms with Crippen molar-refractivity contribution < 1.29 is 43.7 Å². The van der Waals surface area contributed by atoms with E-state index >= 15 is 0 Å². The summed E-state index contributed by atoms with van der Waals surface area (Å²) in [5.41, 5.74) is 0.882. The van der Waals surface area contributed by atoms with Crippen LogP contribution in [0.25, 0.3) is 0 Å². The first-order valence-electron chi connectivity index (χ1n) is 20.7. The van der Waals surface area contributed by atoms with Gasteiger partial charge in [0.15, 0.2) is 6.10 Å². The fraction of sp³-hybridized carbons (Fsp3) is 0.674. The number of carbonyl (C=O) groups is 5. The van der Waals surface area contributed by atoms with Crippen molar-refractivity contribution >= 4 is 41.0 Å². The zero-order valence-electron chi connectivity index (χ0n) is 35.9. The number of likely N-dealkylation sites (N-methyl/N-ethyl adjacent to an activating group) is 1. The lowest BCUT2D eigenvalue weighted by Gasteiger charge is -2.40. The number of thiazole rings is 1. The predicted octanol–water partition coefficient (Wildman–Crippen LogP) is 6.18. The number of phenolic OH excluding ortho intramolecular Hbond substituents is 1. The third kappa shape index (κ3) is 14.9. The number of amides is 3. The van der Waals surface area contributed by atoms with Crippen LogP contribution in [0, 0.1) is 23.7 Å². The Morgan fingerprint density at radius 3 is 2.29 bits per heavy atom. The second-order valence-electron chi connectivity index (χ2n) is 16.6. The number of ether oxygens (including phenoxy) is 2. The maximum atomic E-state index is 14.8. The molecule has 3 rings (SSSR count). The fourth-order valence-electron chi connectivity index (χ4n) is 7.14. The van der Waals surface area contributed by atoms with Crippen molar-refractivity contribution in [1.82, 2.24) is 25.4 Å². The molecule has 1 saturated heterocycles. The van der Waals surface area contributed by atoms with E-state index in [1.807, 2.05) is 39.6 Å². The van der Waals surface area contributed by atoms with Gasteiger partial charge in [-0.05, 0) is 81.1 Å². The molecule has 7 atom stereocenters. The average molecular weight is 830 g/mol. The van der Waals surface area contributed by atoms with Crippen LogP contribution in [-0.4, -0.2) is 106 Å². The number of carboxylic acids is 1. The van der Waals surface area contributed by atoms with Gasteiger partial charge in [-0.2, -0.15) is 0 Å². The number of piperidine rings is 1. The smallest absolute Gasteiger partial charge is 0.306 e. The molecule has 0 spiro atoms. The lowest BCUT2D eigenvalue weighted by molar-refractivity contribution is -0.153. The van der Waals surface area contributed by atoms with E-state index in [9.17, 15) is 34.2 Å². The van der Waals surface area contributed by atoms with E-state index in [0.29, 0.717) is 30.4 Å². The highest BCUT2D eigenvalue weighted by Gasteiger charge is 2.39. The number of hydrogen-bond donors (Lipinski definition) is 4. The maximum absolute atomic E-state index is 14.8. The predicted molar refractivity (Wildman–Crippen MR) is 223 cm³/mol. The van der Waals surface area contributed by atoms with Gasteiger partial charge in [0, 0.05) is 37.4 Å². The first kappa shape index (κ1) is 48.3.